The Kier molecular flexibility index (Phi) is 6.59. The van der Waals surface area contributed by atoms with Gasteiger partial charge in [-0.25, -0.2) is 8.42 Å². The van der Waals surface area contributed by atoms with Crippen LogP contribution in [-0.2, 0) is 26.0 Å². The van der Waals surface area contributed by atoms with E-state index < -0.39 is 22.0 Å². The van der Waals surface area contributed by atoms with Crippen molar-refractivity contribution >= 4 is 16.0 Å². The fraction of sp³-hybridized carbons (Fsp3) is 0.278. The topological polar surface area (TPSA) is 102 Å². The summed E-state index contributed by atoms with van der Waals surface area (Å²) in [6.45, 7) is 1.78. The van der Waals surface area contributed by atoms with Gasteiger partial charge < -0.3 is 14.6 Å². The van der Waals surface area contributed by atoms with Crippen LogP contribution in [-0.4, -0.2) is 39.3 Å². The highest BCUT2D eigenvalue weighted by Gasteiger charge is 2.27. The van der Waals surface area contributed by atoms with Gasteiger partial charge in [0.05, 0.1) is 18.6 Å². The van der Waals surface area contributed by atoms with Crippen LogP contribution in [0.3, 0.4) is 0 Å². The van der Waals surface area contributed by atoms with E-state index in [9.17, 15) is 18.3 Å². The van der Waals surface area contributed by atoms with Gasteiger partial charge in [0.1, 0.15) is 17.5 Å². The number of carbonyl (C=O) groups excluding carboxylic acids is 1. The summed E-state index contributed by atoms with van der Waals surface area (Å²) in [6, 6.07) is 10.9. The summed E-state index contributed by atoms with van der Waals surface area (Å²) >= 11 is 0. The zero-order valence-electron chi connectivity index (χ0n) is 14.5. The third-order valence-corrected chi connectivity index (χ3v) is 5.10. The number of ether oxygens (including phenoxy) is 2. The SMILES string of the molecule is CCOC(=O)C(Cc1ccc(O)cc1)NS(=O)(=O)c1ccc(OC)cc1. The standard InChI is InChI=1S/C18H21NO6S/c1-3-25-18(21)17(12-13-4-6-14(20)7-5-13)19-26(22,23)16-10-8-15(24-2)9-11-16/h4-11,17,19-20H,3,12H2,1-2H3. The maximum absolute atomic E-state index is 12.6. The molecule has 0 amide bonds. The van der Waals surface area contributed by atoms with Gasteiger partial charge in [0.25, 0.3) is 0 Å². The van der Waals surface area contributed by atoms with Crippen molar-refractivity contribution in [3.8, 4) is 11.5 Å². The predicted molar refractivity (Wildman–Crippen MR) is 95.5 cm³/mol. The third-order valence-electron chi connectivity index (χ3n) is 3.61. The predicted octanol–water partition coefficient (Wildman–Crippen LogP) is 1.85. The Morgan fingerprint density at radius 3 is 2.27 bits per heavy atom. The Balaban J connectivity index is 2.23. The first-order chi connectivity index (χ1) is 12.4. The Morgan fingerprint density at radius 2 is 1.73 bits per heavy atom. The van der Waals surface area contributed by atoms with Gasteiger partial charge in [0.2, 0.25) is 10.0 Å². The quantitative estimate of drug-likeness (QED) is 0.679. The number of carbonyl (C=O) groups is 1. The average molecular weight is 379 g/mol. The van der Waals surface area contributed by atoms with Crippen molar-refractivity contribution in [3.05, 3.63) is 54.1 Å². The largest absolute Gasteiger partial charge is 0.508 e. The van der Waals surface area contributed by atoms with Crippen LogP contribution >= 0.6 is 0 Å². The Bertz CT molecular complexity index is 831. The van der Waals surface area contributed by atoms with Crippen LogP contribution in [0.25, 0.3) is 0 Å². The molecule has 1 unspecified atom stereocenters. The maximum Gasteiger partial charge on any atom is 0.324 e. The molecule has 0 radical (unpaired) electrons. The van der Waals surface area contributed by atoms with Crippen LogP contribution in [0.2, 0.25) is 0 Å². The molecule has 0 aliphatic rings. The summed E-state index contributed by atoms with van der Waals surface area (Å²) in [5.74, 6) is -0.0621. The molecule has 0 aliphatic carbocycles. The summed E-state index contributed by atoms with van der Waals surface area (Å²) in [4.78, 5) is 12.2. The molecule has 7 nitrogen and oxygen atoms in total. The van der Waals surface area contributed by atoms with Gasteiger partial charge in [-0.05, 0) is 55.3 Å². The van der Waals surface area contributed by atoms with E-state index >= 15 is 0 Å². The molecule has 0 heterocycles. The highest BCUT2D eigenvalue weighted by atomic mass is 32.2. The zero-order chi connectivity index (χ0) is 19.2. The van der Waals surface area contributed by atoms with E-state index in [4.69, 9.17) is 9.47 Å². The minimum Gasteiger partial charge on any atom is -0.508 e. The highest BCUT2D eigenvalue weighted by Crippen LogP contribution is 2.17. The van der Waals surface area contributed by atoms with E-state index in [1.54, 1.807) is 19.1 Å². The first-order valence-corrected chi connectivity index (χ1v) is 9.45. The van der Waals surface area contributed by atoms with Crippen molar-refractivity contribution in [2.75, 3.05) is 13.7 Å². The van der Waals surface area contributed by atoms with Crippen molar-refractivity contribution in [2.24, 2.45) is 0 Å². The summed E-state index contributed by atoms with van der Waals surface area (Å²) < 4.78 is 37.6. The molecule has 26 heavy (non-hydrogen) atoms. The molecule has 2 aromatic rings. The second kappa shape index (κ2) is 8.68. The number of benzene rings is 2. The number of nitrogens with one attached hydrogen (secondary N) is 1. The van der Waals surface area contributed by atoms with Crippen LogP contribution in [0.15, 0.2) is 53.4 Å². The normalized spacial score (nSPS) is 12.4. The van der Waals surface area contributed by atoms with Crippen LogP contribution < -0.4 is 9.46 Å². The minimum atomic E-state index is -3.93. The third kappa shape index (κ3) is 5.21. The lowest BCUT2D eigenvalue weighted by atomic mass is 10.1. The van der Waals surface area contributed by atoms with Gasteiger partial charge in [0.15, 0.2) is 0 Å². The summed E-state index contributed by atoms with van der Waals surface area (Å²) in [5, 5.41) is 9.35. The maximum atomic E-state index is 12.6. The molecule has 8 heteroatoms. The number of hydrogen-bond acceptors (Lipinski definition) is 6. The van der Waals surface area contributed by atoms with E-state index in [0.29, 0.717) is 11.3 Å². The Hall–Kier alpha value is -2.58. The molecule has 0 bridgehead atoms. The molecular formula is C18H21NO6S. The summed E-state index contributed by atoms with van der Waals surface area (Å²) in [7, 11) is -2.45. The molecule has 2 rings (SSSR count). The highest BCUT2D eigenvalue weighted by molar-refractivity contribution is 7.89. The molecule has 0 saturated carbocycles. The van der Waals surface area contributed by atoms with Crippen molar-refractivity contribution in [3.63, 3.8) is 0 Å². The van der Waals surface area contributed by atoms with Crippen molar-refractivity contribution in [1.29, 1.82) is 0 Å². The van der Waals surface area contributed by atoms with E-state index in [2.05, 4.69) is 4.72 Å². The first-order valence-electron chi connectivity index (χ1n) is 7.96. The van der Waals surface area contributed by atoms with Crippen molar-refractivity contribution in [1.82, 2.24) is 4.72 Å². The number of hydrogen-bond donors (Lipinski definition) is 2. The fourth-order valence-corrected chi connectivity index (χ4v) is 3.48. The van der Waals surface area contributed by atoms with Crippen molar-refractivity contribution in [2.45, 2.75) is 24.3 Å². The molecule has 0 aliphatic heterocycles. The van der Waals surface area contributed by atoms with Gasteiger partial charge in [-0.2, -0.15) is 4.72 Å². The lowest BCUT2D eigenvalue weighted by molar-refractivity contribution is -0.145. The van der Waals surface area contributed by atoms with Gasteiger partial charge in [-0.15, -0.1) is 0 Å². The molecule has 0 fully saturated rings. The van der Waals surface area contributed by atoms with Crippen LogP contribution in [0.5, 0.6) is 11.5 Å². The average Bonchev–Trinajstić information content (AvgIpc) is 2.63. The number of esters is 1. The lowest BCUT2D eigenvalue weighted by Gasteiger charge is -2.18. The molecule has 2 aromatic carbocycles. The second-order valence-corrected chi connectivity index (χ2v) is 7.19. The number of methoxy groups -OCH3 is 1. The number of phenols is 1. The molecule has 0 aromatic heterocycles. The van der Waals surface area contributed by atoms with E-state index in [1.165, 1.54) is 43.5 Å². The number of sulfonamides is 1. The molecule has 1 atom stereocenters. The van der Waals surface area contributed by atoms with Gasteiger partial charge in [-0.3, -0.25) is 4.79 Å². The van der Waals surface area contributed by atoms with E-state index in [1.807, 2.05) is 0 Å². The first kappa shape index (κ1) is 19.7. The smallest absolute Gasteiger partial charge is 0.324 e. The molecular weight excluding hydrogens is 358 g/mol. The van der Waals surface area contributed by atoms with E-state index in [0.717, 1.165) is 0 Å². The number of phenolic OH excluding ortho intramolecular Hbond substituents is 1. The van der Waals surface area contributed by atoms with E-state index in [-0.39, 0.29) is 23.7 Å². The van der Waals surface area contributed by atoms with Crippen molar-refractivity contribution < 1.29 is 27.8 Å². The summed E-state index contributed by atoms with van der Waals surface area (Å²) in [5.41, 5.74) is 0.679. The van der Waals surface area contributed by atoms with Crippen LogP contribution in [0.1, 0.15) is 12.5 Å². The molecule has 2 N–H and O–H groups in total. The van der Waals surface area contributed by atoms with Crippen LogP contribution in [0.4, 0.5) is 0 Å². The Morgan fingerprint density at radius 1 is 1.12 bits per heavy atom. The van der Waals surface area contributed by atoms with Gasteiger partial charge in [0, 0.05) is 0 Å². The Labute approximate surface area is 152 Å². The molecule has 0 spiro atoms. The van der Waals surface area contributed by atoms with Gasteiger partial charge in [-0.1, -0.05) is 12.1 Å². The lowest BCUT2D eigenvalue weighted by Crippen LogP contribution is -2.43. The number of rotatable bonds is 8. The monoisotopic (exact) mass is 379 g/mol. The number of aromatic hydroxyl groups is 1. The zero-order valence-corrected chi connectivity index (χ0v) is 15.3. The summed E-state index contributed by atoms with van der Waals surface area (Å²) in [6.07, 6.45) is 0.0918. The molecule has 140 valence electrons. The van der Waals surface area contributed by atoms with Gasteiger partial charge >= 0.3 is 5.97 Å². The second-order valence-electron chi connectivity index (χ2n) is 5.47. The molecule has 0 saturated heterocycles. The van der Waals surface area contributed by atoms with Crippen LogP contribution in [0, 0.1) is 0 Å². The minimum absolute atomic E-state index is 0.0123. The fourth-order valence-electron chi connectivity index (χ4n) is 2.29.